The van der Waals surface area contributed by atoms with Gasteiger partial charge < -0.3 is 10.4 Å². The van der Waals surface area contributed by atoms with Crippen LogP contribution in [-0.4, -0.2) is 54.7 Å². The van der Waals surface area contributed by atoms with E-state index in [4.69, 9.17) is 0 Å². The van der Waals surface area contributed by atoms with E-state index >= 15 is 0 Å². The van der Waals surface area contributed by atoms with Gasteiger partial charge in [0, 0.05) is 19.0 Å². The molecule has 0 aromatic heterocycles. The molecule has 1 amide bonds. The highest BCUT2D eigenvalue weighted by atomic mass is 32.2. The van der Waals surface area contributed by atoms with Gasteiger partial charge in [-0.05, 0) is 32.6 Å². The average molecular weight is 318 g/mol. The number of amides is 1. The first kappa shape index (κ1) is 16.7. The first-order chi connectivity index (χ1) is 9.92. The lowest BCUT2D eigenvalue weighted by molar-refractivity contribution is -0.128. The van der Waals surface area contributed by atoms with E-state index in [1.807, 2.05) is 0 Å². The normalized spacial score (nSPS) is 24.1. The van der Waals surface area contributed by atoms with Crippen molar-refractivity contribution in [2.75, 3.05) is 25.4 Å². The Hall–Kier alpha value is -0.660. The van der Waals surface area contributed by atoms with Crippen molar-refractivity contribution in [3.63, 3.8) is 0 Å². The first-order valence-corrected chi connectivity index (χ1v) is 9.44. The van der Waals surface area contributed by atoms with E-state index in [2.05, 4.69) is 5.32 Å². The fourth-order valence-electron chi connectivity index (χ4n) is 3.32. The van der Waals surface area contributed by atoms with Crippen molar-refractivity contribution in [1.29, 1.82) is 0 Å². The van der Waals surface area contributed by atoms with Crippen molar-refractivity contribution in [1.82, 2.24) is 9.62 Å². The highest BCUT2D eigenvalue weighted by molar-refractivity contribution is 7.89. The minimum Gasteiger partial charge on any atom is -0.394 e. The third kappa shape index (κ3) is 3.76. The van der Waals surface area contributed by atoms with Gasteiger partial charge in [-0.25, -0.2) is 12.7 Å². The zero-order valence-corrected chi connectivity index (χ0v) is 13.5. The lowest BCUT2D eigenvalue weighted by Crippen LogP contribution is -2.52. The van der Waals surface area contributed by atoms with E-state index in [0.29, 0.717) is 25.9 Å². The van der Waals surface area contributed by atoms with Gasteiger partial charge in [0.15, 0.2) is 0 Å². The molecule has 21 heavy (non-hydrogen) atoms. The molecule has 1 aliphatic heterocycles. The Kier molecular flexibility index (Phi) is 5.27. The molecule has 2 N–H and O–H groups in total. The molecule has 6 nitrogen and oxygen atoms in total. The summed E-state index contributed by atoms with van der Waals surface area (Å²) >= 11 is 0. The molecule has 1 saturated heterocycles. The van der Waals surface area contributed by atoms with Crippen molar-refractivity contribution < 1.29 is 18.3 Å². The third-order valence-electron chi connectivity index (χ3n) is 4.83. The molecular weight excluding hydrogens is 292 g/mol. The van der Waals surface area contributed by atoms with Crippen LogP contribution in [0.25, 0.3) is 0 Å². The molecule has 1 heterocycles. The van der Waals surface area contributed by atoms with Gasteiger partial charge >= 0.3 is 0 Å². The van der Waals surface area contributed by atoms with Gasteiger partial charge in [0.05, 0.1) is 17.9 Å². The van der Waals surface area contributed by atoms with Crippen LogP contribution < -0.4 is 5.32 Å². The fourth-order valence-corrected chi connectivity index (χ4v) is 4.45. The molecule has 2 aliphatic rings. The quantitative estimate of drug-likeness (QED) is 0.771. The van der Waals surface area contributed by atoms with Gasteiger partial charge in [0.25, 0.3) is 0 Å². The molecule has 1 aliphatic carbocycles. The number of sulfonamides is 1. The molecule has 0 atom stereocenters. The van der Waals surface area contributed by atoms with Crippen LogP contribution in [0, 0.1) is 5.92 Å². The van der Waals surface area contributed by atoms with Gasteiger partial charge in [-0.3, -0.25) is 4.79 Å². The van der Waals surface area contributed by atoms with Crippen LogP contribution in [0.4, 0.5) is 0 Å². The number of carbonyl (C=O) groups is 1. The van der Waals surface area contributed by atoms with Crippen LogP contribution in [0.5, 0.6) is 0 Å². The molecule has 122 valence electrons. The van der Waals surface area contributed by atoms with Crippen molar-refractivity contribution in [3.8, 4) is 0 Å². The number of hydrogen-bond acceptors (Lipinski definition) is 4. The van der Waals surface area contributed by atoms with Crippen LogP contribution in [0.15, 0.2) is 0 Å². The Labute approximate surface area is 126 Å². The smallest absolute Gasteiger partial charge is 0.223 e. The van der Waals surface area contributed by atoms with Gasteiger partial charge in [0.1, 0.15) is 0 Å². The Morgan fingerprint density at radius 3 is 2.33 bits per heavy atom. The molecule has 0 bridgehead atoms. The number of piperidine rings is 1. The number of rotatable bonds is 5. The highest BCUT2D eigenvalue weighted by Gasteiger charge is 2.37. The number of nitrogens with zero attached hydrogens (tertiary/aromatic N) is 1. The summed E-state index contributed by atoms with van der Waals surface area (Å²) in [6, 6.07) is 0. The molecule has 7 heteroatoms. The maximum atomic E-state index is 12.4. The molecule has 0 unspecified atom stereocenters. The molecule has 2 rings (SSSR count). The zero-order chi connectivity index (χ0) is 15.5. The summed E-state index contributed by atoms with van der Waals surface area (Å²) in [7, 11) is -3.15. The largest absolute Gasteiger partial charge is 0.394 e. The third-order valence-corrected chi connectivity index (χ3v) is 6.72. The maximum Gasteiger partial charge on any atom is 0.223 e. The summed E-state index contributed by atoms with van der Waals surface area (Å²) in [6.07, 6.45) is 4.86. The average Bonchev–Trinajstić information content (AvgIpc) is 2.96. The minimum absolute atomic E-state index is 0.0121. The fraction of sp³-hybridized carbons (Fsp3) is 0.929. The standard InChI is InChI=1S/C14H26N2O4S/c1-2-21(19,20)16-9-5-12(6-10-16)13(18)15-14(11-17)7-3-4-8-14/h12,17H,2-11H2,1H3,(H,15,18). The Morgan fingerprint density at radius 1 is 1.29 bits per heavy atom. The van der Waals surface area contributed by atoms with E-state index in [9.17, 15) is 18.3 Å². The highest BCUT2D eigenvalue weighted by Crippen LogP contribution is 2.30. The van der Waals surface area contributed by atoms with Crippen molar-refractivity contribution >= 4 is 15.9 Å². The second-order valence-electron chi connectivity index (χ2n) is 6.21. The summed E-state index contributed by atoms with van der Waals surface area (Å²) < 4.78 is 25.1. The van der Waals surface area contributed by atoms with Crippen LogP contribution in [0.3, 0.4) is 0 Å². The molecule has 0 aromatic carbocycles. The lowest BCUT2D eigenvalue weighted by Gasteiger charge is -2.34. The second kappa shape index (κ2) is 6.62. The zero-order valence-electron chi connectivity index (χ0n) is 12.7. The second-order valence-corrected chi connectivity index (χ2v) is 8.47. The molecular formula is C14H26N2O4S. The van der Waals surface area contributed by atoms with Crippen LogP contribution >= 0.6 is 0 Å². The summed E-state index contributed by atoms with van der Waals surface area (Å²) in [6.45, 7) is 2.46. The molecule has 0 radical (unpaired) electrons. The van der Waals surface area contributed by atoms with Crippen molar-refractivity contribution in [2.45, 2.75) is 51.0 Å². The Balaban J connectivity index is 1.89. The topological polar surface area (TPSA) is 86.7 Å². The molecule has 2 fully saturated rings. The van der Waals surface area contributed by atoms with E-state index in [0.717, 1.165) is 25.7 Å². The number of aliphatic hydroxyl groups is 1. The Morgan fingerprint density at radius 2 is 1.86 bits per heavy atom. The van der Waals surface area contributed by atoms with E-state index in [-0.39, 0.29) is 24.2 Å². The molecule has 0 spiro atoms. The number of aliphatic hydroxyl groups excluding tert-OH is 1. The van der Waals surface area contributed by atoms with E-state index in [1.54, 1.807) is 6.92 Å². The van der Waals surface area contributed by atoms with Crippen LogP contribution in [0.2, 0.25) is 0 Å². The number of nitrogens with one attached hydrogen (secondary N) is 1. The summed E-state index contributed by atoms with van der Waals surface area (Å²) in [5.41, 5.74) is -0.441. The number of carbonyl (C=O) groups excluding carboxylic acids is 1. The van der Waals surface area contributed by atoms with Crippen molar-refractivity contribution in [3.05, 3.63) is 0 Å². The monoisotopic (exact) mass is 318 g/mol. The summed E-state index contributed by atoms with van der Waals surface area (Å²) in [5.74, 6) is -0.0610. The minimum atomic E-state index is -3.15. The summed E-state index contributed by atoms with van der Waals surface area (Å²) in [4.78, 5) is 12.4. The molecule has 0 aromatic rings. The SMILES string of the molecule is CCS(=O)(=O)N1CCC(C(=O)NC2(CO)CCCC2)CC1. The maximum absolute atomic E-state index is 12.4. The van der Waals surface area contributed by atoms with Crippen LogP contribution in [-0.2, 0) is 14.8 Å². The van der Waals surface area contributed by atoms with Gasteiger partial charge in [0.2, 0.25) is 15.9 Å². The van der Waals surface area contributed by atoms with E-state index < -0.39 is 15.6 Å². The predicted molar refractivity (Wildman–Crippen MR) is 80.2 cm³/mol. The van der Waals surface area contributed by atoms with Crippen molar-refractivity contribution in [2.24, 2.45) is 5.92 Å². The van der Waals surface area contributed by atoms with Gasteiger partial charge in [-0.1, -0.05) is 12.8 Å². The lowest BCUT2D eigenvalue weighted by atomic mass is 9.93. The van der Waals surface area contributed by atoms with Crippen LogP contribution in [0.1, 0.15) is 45.4 Å². The Bertz CT molecular complexity index is 463. The molecule has 1 saturated carbocycles. The van der Waals surface area contributed by atoms with E-state index in [1.165, 1.54) is 4.31 Å². The summed E-state index contributed by atoms with van der Waals surface area (Å²) in [5, 5.41) is 12.6. The van der Waals surface area contributed by atoms with Gasteiger partial charge in [-0.15, -0.1) is 0 Å². The number of hydrogen-bond donors (Lipinski definition) is 2. The predicted octanol–water partition coefficient (Wildman–Crippen LogP) is 0.469. The first-order valence-electron chi connectivity index (χ1n) is 7.83. The van der Waals surface area contributed by atoms with Gasteiger partial charge in [-0.2, -0.15) is 0 Å².